The second kappa shape index (κ2) is 17.3. The Morgan fingerprint density at radius 2 is 1.00 bits per heavy atom. The van der Waals surface area contributed by atoms with Crippen molar-refractivity contribution in [3.63, 3.8) is 0 Å². The van der Waals surface area contributed by atoms with Gasteiger partial charge in [-0.05, 0) is 0 Å². The van der Waals surface area contributed by atoms with Crippen LogP contribution in [0.15, 0.2) is 0 Å². The molecular weight excluding hydrogens is 424 g/mol. The Bertz CT molecular complexity index is 8.00. The second-order valence-corrected chi connectivity index (χ2v) is 0. The minimum absolute atomic E-state index is 0. The number of rotatable bonds is 0. The molecule has 0 fully saturated rings. The molecule has 22 valence electrons. The van der Waals surface area contributed by atoms with Gasteiger partial charge in [-0.25, -0.2) is 0 Å². The van der Waals surface area contributed by atoms with Gasteiger partial charge in [-0.2, -0.15) is 0 Å². The fraction of sp³-hybridized carbons (Fsp3) is 0. The molecule has 0 atom stereocenters. The van der Waals surface area contributed by atoms with Crippen molar-refractivity contribution in [1.29, 1.82) is 0 Å². The molecule has 0 saturated carbocycles. The minimum Gasteiger partial charge on any atom is 0 e. The van der Waals surface area contributed by atoms with Crippen LogP contribution in [0, 0.1) is 0 Å². The topological polar surface area (TPSA) is 0 Å². The smallest absolute Gasteiger partial charge is 0 e. The Balaban J connectivity index is 0. The zero-order valence-corrected chi connectivity index (χ0v) is 10.2. The van der Waals surface area contributed by atoms with Gasteiger partial charge in [-0.15, -0.1) is 0 Å². The Kier molecular flexibility index (Phi) is 129. The number of hydrogen-bond acceptors (Lipinski definition) is 0. The Hall–Kier alpha value is 2.70. The van der Waals surface area contributed by atoms with Gasteiger partial charge in [0.1, 0.15) is 0 Å². The molecule has 0 nitrogen and oxygen atoms in total. The zero-order valence-electron chi connectivity index (χ0n) is 1.71. The van der Waals surface area contributed by atoms with E-state index in [1.54, 1.807) is 0 Å². The Labute approximate surface area is 81.8 Å². The van der Waals surface area contributed by atoms with E-state index >= 15 is 0 Å². The quantitative estimate of drug-likeness (QED) is 0.481. The van der Waals surface area contributed by atoms with Crippen molar-refractivity contribution in [2.24, 2.45) is 0 Å². The van der Waals surface area contributed by atoms with Crippen LogP contribution in [0.5, 0.6) is 0 Å². The summed E-state index contributed by atoms with van der Waals surface area (Å²) in [5.41, 5.74) is 0. The first-order valence-corrected chi connectivity index (χ1v) is 0. The Morgan fingerprint density at radius 3 is 1.00 bits per heavy atom. The summed E-state index contributed by atoms with van der Waals surface area (Å²) in [6.07, 6.45) is 0. The van der Waals surface area contributed by atoms with Crippen molar-refractivity contribution < 1.29 is 83.1 Å². The first-order valence-electron chi connectivity index (χ1n) is 0. The van der Waals surface area contributed by atoms with E-state index < -0.39 is 0 Å². The zero-order chi connectivity index (χ0) is 0. The average Bonchev–Trinajstić information content (AvgIpc) is 0. The van der Waals surface area contributed by atoms with Crippen molar-refractivity contribution in [2.75, 3.05) is 0 Å². The van der Waals surface area contributed by atoms with Crippen molar-refractivity contribution in [1.82, 2.24) is 0 Å². The van der Waals surface area contributed by atoms with Gasteiger partial charge in [0.15, 0.2) is 0 Å². The van der Waals surface area contributed by atoms with Gasteiger partial charge in [0.25, 0.3) is 0 Å². The van der Waals surface area contributed by atoms with Gasteiger partial charge in [0.2, 0.25) is 0 Å². The predicted molar refractivity (Wildman–Crippen MR) is 0 cm³/mol. The van der Waals surface area contributed by atoms with Crippen molar-refractivity contribution in [3.8, 4) is 0 Å². The van der Waals surface area contributed by atoms with Crippen molar-refractivity contribution in [3.05, 3.63) is 0 Å². The standard InChI is InChI=1S/Mo.Nb.V.W. The van der Waals surface area contributed by atoms with Crippen LogP contribution in [0.2, 0.25) is 0 Å². The van der Waals surface area contributed by atoms with Gasteiger partial charge in [-0.3, -0.25) is 0 Å². The maximum absolute atomic E-state index is 0. The third kappa shape index (κ3) is 8.83. The Morgan fingerprint density at radius 1 is 1.00 bits per heavy atom. The molecule has 0 aromatic carbocycles. The van der Waals surface area contributed by atoms with Crippen LogP contribution in [-0.4, -0.2) is 0 Å². The molecule has 0 amide bonds. The summed E-state index contributed by atoms with van der Waals surface area (Å²) in [4.78, 5) is 0. The molecule has 0 rings (SSSR count). The maximum atomic E-state index is 0. The van der Waals surface area contributed by atoms with E-state index in [9.17, 15) is 0 Å². The summed E-state index contributed by atoms with van der Waals surface area (Å²) in [7, 11) is 0. The first-order chi connectivity index (χ1) is 0. The van der Waals surface area contributed by atoms with Gasteiger partial charge >= 0.3 is 0 Å². The molecule has 0 aromatic rings. The molecule has 2 radical (unpaired) electrons. The van der Waals surface area contributed by atoms with Crippen LogP contribution in [0.1, 0.15) is 0 Å². The molecule has 0 saturated heterocycles. The van der Waals surface area contributed by atoms with Gasteiger partial charge in [-0.1, -0.05) is 0 Å². The molecule has 0 bridgehead atoms. The molecule has 0 aromatic heterocycles. The molecule has 0 heterocycles. The van der Waals surface area contributed by atoms with E-state index in [0.29, 0.717) is 0 Å². The van der Waals surface area contributed by atoms with Crippen LogP contribution in [0.3, 0.4) is 0 Å². The van der Waals surface area contributed by atoms with Crippen LogP contribution >= 0.6 is 0 Å². The molecular formula is MoNbVW. The third-order valence-electron chi connectivity index (χ3n) is 0. The largest absolute Gasteiger partial charge is 0 e. The van der Waals surface area contributed by atoms with Crippen molar-refractivity contribution >= 4 is 0 Å². The normalized spacial score (nSPS) is 0. The van der Waals surface area contributed by atoms with Crippen LogP contribution in [-0.2, 0) is 83.1 Å². The first kappa shape index (κ1) is 29.9. The molecule has 0 aliphatic heterocycles. The molecule has 0 spiro atoms. The summed E-state index contributed by atoms with van der Waals surface area (Å²) >= 11 is 0. The monoisotopic (exact) mass is 426 g/mol. The predicted octanol–water partition coefficient (Wildman–Crippen LogP) is -0.0100. The van der Waals surface area contributed by atoms with E-state index in [0.717, 1.165) is 0 Å². The maximum Gasteiger partial charge on any atom is 0 e. The van der Waals surface area contributed by atoms with E-state index in [4.69, 9.17) is 0 Å². The molecule has 0 N–H and O–H groups in total. The molecule has 0 unspecified atom stereocenters. The fourth-order valence-electron chi connectivity index (χ4n) is 0. The van der Waals surface area contributed by atoms with E-state index in [1.807, 2.05) is 0 Å². The van der Waals surface area contributed by atoms with Crippen molar-refractivity contribution in [2.45, 2.75) is 0 Å². The molecule has 4 heavy (non-hydrogen) atoms. The summed E-state index contributed by atoms with van der Waals surface area (Å²) in [5.74, 6) is 0. The van der Waals surface area contributed by atoms with Crippen LogP contribution < -0.4 is 0 Å². The fourth-order valence-corrected chi connectivity index (χ4v) is 0. The van der Waals surface area contributed by atoms with Gasteiger partial charge < -0.3 is 0 Å². The number of hydrogen-bond donors (Lipinski definition) is 0. The summed E-state index contributed by atoms with van der Waals surface area (Å²) in [5, 5.41) is 0. The van der Waals surface area contributed by atoms with E-state index in [1.165, 1.54) is 0 Å². The minimum atomic E-state index is 0. The van der Waals surface area contributed by atoms with Gasteiger partial charge in [0.05, 0.1) is 0 Å². The van der Waals surface area contributed by atoms with Gasteiger partial charge in [0, 0.05) is 83.1 Å². The second-order valence-electron chi connectivity index (χ2n) is 0. The van der Waals surface area contributed by atoms with Crippen LogP contribution in [0.4, 0.5) is 0 Å². The summed E-state index contributed by atoms with van der Waals surface area (Å²) in [6, 6.07) is 0. The van der Waals surface area contributed by atoms with Crippen LogP contribution in [0.25, 0.3) is 0 Å². The summed E-state index contributed by atoms with van der Waals surface area (Å²) in [6.45, 7) is 0. The third-order valence-corrected chi connectivity index (χ3v) is 0. The summed E-state index contributed by atoms with van der Waals surface area (Å²) < 4.78 is 0. The average molecular weight is 424 g/mol. The molecule has 0 aliphatic rings. The molecule has 0 aliphatic carbocycles. The molecule has 4 heteroatoms. The van der Waals surface area contributed by atoms with E-state index in [-0.39, 0.29) is 83.1 Å². The SMILES string of the molecule is [Mo].[Nb].[V].[W]. The van der Waals surface area contributed by atoms with E-state index in [2.05, 4.69) is 0 Å².